The molecule has 0 aliphatic rings. The second-order valence-corrected chi connectivity index (χ2v) is 7.38. The molecule has 142 valence electrons. The molecule has 2 heterocycles. The quantitative estimate of drug-likeness (QED) is 0.582. The summed E-state index contributed by atoms with van der Waals surface area (Å²) in [5.41, 5.74) is 1.99. The van der Waals surface area contributed by atoms with Gasteiger partial charge in [-0.1, -0.05) is 25.5 Å². The fourth-order valence-corrected chi connectivity index (χ4v) is 3.80. The van der Waals surface area contributed by atoms with Gasteiger partial charge in [-0.2, -0.15) is 0 Å². The number of benzene rings is 1. The first-order chi connectivity index (χ1) is 13.1. The Bertz CT molecular complexity index is 1050. The summed E-state index contributed by atoms with van der Waals surface area (Å²) in [5, 5.41) is 4.71. The molecule has 3 rings (SSSR count). The number of nitrogens with zero attached hydrogens (tertiary/aromatic N) is 1. The highest BCUT2D eigenvalue weighted by molar-refractivity contribution is 7.17. The lowest BCUT2D eigenvalue weighted by molar-refractivity contribution is -0.116. The number of unbranched alkanes of at least 4 members (excludes halogenated alkanes) is 2. The van der Waals surface area contributed by atoms with Crippen molar-refractivity contribution < 1.29 is 4.79 Å². The summed E-state index contributed by atoms with van der Waals surface area (Å²) in [4.78, 5) is 39.1. The van der Waals surface area contributed by atoms with Crippen molar-refractivity contribution in [3.8, 4) is 0 Å². The van der Waals surface area contributed by atoms with Gasteiger partial charge in [-0.15, -0.1) is 11.3 Å². The Morgan fingerprint density at radius 3 is 2.85 bits per heavy atom. The van der Waals surface area contributed by atoms with E-state index < -0.39 is 0 Å². The summed E-state index contributed by atoms with van der Waals surface area (Å²) in [6.45, 7) is 2.44. The third-order valence-corrected chi connectivity index (χ3v) is 5.40. The Morgan fingerprint density at radius 2 is 2.04 bits per heavy atom. The number of carbonyl (C=O) groups is 1. The molecular formula is C20H23N3O3S. The number of hydrogen-bond donors (Lipinski definition) is 2. The molecule has 0 spiro atoms. The second kappa shape index (κ2) is 8.81. The zero-order chi connectivity index (χ0) is 19.2. The maximum absolute atomic E-state index is 12.3. The van der Waals surface area contributed by atoms with Crippen LogP contribution in [0, 0.1) is 0 Å². The van der Waals surface area contributed by atoms with Gasteiger partial charge in [0.15, 0.2) is 0 Å². The van der Waals surface area contributed by atoms with Gasteiger partial charge in [0.1, 0.15) is 4.70 Å². The molecule has 2 N–H and O–H groups in total. The molecule has 0 aliphatic carbocycles. The van der Waals surface area contributed by atoms with Gasteiger partial charge in [-0.05, 0) is 48.4 Å². The van der Waals surface area contributed by atoms with Crippen LogP contribution in [0.15, 0.2) is 45.3 Å². The molecule has 0 fully saturated rings. The lowest BCUT2D eigenvalue weighted by Gasteiger charge is -2.07. The second-order valence-electron chi connectivity index (χ2n) is 6.46. The Labute approximate surface area is 160 Å². The molecular weight excluding hydrogens is 362 g/mol. The molecule has 0 atom stereocenters. The highest BCUT2D eigenvalue weighted by atomic mass is 32.1. The van der Waals surface area contributed by atoms with Crippen molar-refractivity contribution in [2.24, 2.45) is 0 Å². The van der Waals surface area contributed by atoms with E-state index in [0.29, 0.717) is 36.0 Å². The molecule has 6 nitrogen and oxygen atoms in total. The number of aryl methyl sites for hydroxylation is 1. The lowest BCUT2D eigenvalue weighted by Crippen LogP contribution is -2.34. The molecule has 0 saturated heterocycles. The Morgan fingerprint density at radius 1 is 1.19 bits per heavy atom. The van der Waals surface area contributed by atoms with Gasteiger partial charge in [0.05, 0.1) is 5.52 Å². The predicted molar refractivity (Wildman–Crippen MR) is 110 cm³/mol. The summed E-state index contributed by atoms with van der Waals surface area (Å²) in [7, 11) is 0. The zero-order valence-corrected chi connectivity index (χ0v) is 16.1. The summed E-state index contributed by atoms with van der Waals surface area (Å²) in [6, 6.07) is 9.58. The molecule has 7 heteroatoms. The number of nitrogens with one attached hydrogen (secondary N) is 2. The van der Waals surface area contributed by atoms with Gasteiger partial charge in [0.25, 0.3) is 5.56 Å². The van der Waals surface area contributed by atoms with Crippen LogP contribution in [0.1, 0.15) is 38.2 Å². The fourth-order valence-electron chi connectivity index (χ4n) is 3.00. The summed E-state index contributed by atoms with van der Waals surface area (Å²) < 4.78 is 1.82. The minimum absolute atomic E-state index is 0.0155. The minimum atomic E-state index is -0.376. The van der Waals surface area contributed by atoms with Crippen molar-refractivity contribution in [3.63, 3.8) is 0 Å². The maximum atomic E-state index is 12.3. The average molecular weight is 385 g/mol. The number of thiophene rings is 1. The molecule has 1 aromatic carbocycles. The topological polar surface area (TPSA) is 84.0 Å². The zero-order valence-electron chi connectivity index (χ0n) is 15.3. The number of H-pyrrole nitrogens is 1. The number of aromatic amines is 1. The number of fused-ring (bicyclic) bond motifs is 1. The first-order valence-electron chi connectivity index (χ1n) is 9.17. The van der Waals surface area contributed by atoms with E-state index in [1.54, 1.807) is 11.4 Å². The van der Waals surface area contributed by atoms with Crippen LogP contribution in [-0.4, -0.2) is 15.5 Å². The SMILES string of the molecule is CCc1cccc(NC(=O)CCCCCn2c(=O)[nH]c3ccsc3c2=O)c1. The van der Waals surface area contributed by atoms with E-state index in [9.17, 15) is 14.4 Å². The molecule has 0 radical (unpaired) electrons. The first-order valence-corrected chi connectivity index (χ1v) is 10.1. The van der Waals surface area contributed by atoms with Gasteiger partial charge < -0.3 is 10.3 Å². The number of hydrogen-bond acceptors (Lipinski definition) is 4. The number of rotatable bonds is 8. The third-order valence-electron chi connectivity index (χ3n) is 4.50. The predicted octanol–water partition coefficient (Wildman–Crippen LogP) is 3.51. The number of anilines is 1. The number of carbonyl (C=O) groups excluding carboxylic acids is 1. The van der Waals surface area contributed by atoms with Crippen LogP contribution in [0.25, 0.3) is 10.2 Å². The fraction of sp³-hybridized carbons (Fsp3) is 0.350. The average Bonchev–Trinajstić information content (AvgIpc) is 3.12. The van der Waals surface area contributed by atoms with Gasteiger partial charge in [0, 0.05) is 18.7 Å². The Balaban J connectivity index is 1.46. The molecule has 0 bridgehead atoms. The largest absolute Gasteiger partial charge is 0.328 e. The van der Waals surface area contributed by atoms with Crippen molar-refractivity contribution in [2.45, 2.75) is 45.6 Å². The normalized spacial score (nSPS) is 11.0. The highest BCUT2D eigenvalue weighted by Gasteiger charge is 2.08. The summed E-state index contributed by atoms with van der Waals surface area (Å²) >= 11 is 1.33. The standard InChI is InChI=1S/C20H23N3O3S/c1-2-14-7-6-8-15(13-14)21-17(24)9-4-3-5-11-23-19(25)18-16(10-12-27-18)22-20(23)26/h6-8,10,12-13H,2-5,9,11H2,1H3,(H,21,24)(H,22,26). The van der Waals surface area contributed by atoms with Crippen molar-refractivity contribution >= 4 is 33.1 Å². The lowest BCUT2D eigenvalue weighted by atomic mass is 10.1. The summed E-state index contributed by atoms with van der Waals surface area (Å²) in [6.07, 6.45) is 3.52. The molecule has 0 unspecified atom stereocenters. The van der Waals surface area contributed by atoms with Crippen LogP contribution >= 0.6 is 11.3 Å². The van der Waals surface area contributed by atoms with E-state index in [1.807, 2.05) is 24.3 Å². The van der Waals surface area contributed by atoms with E-state index in [1.165, 1.54) is 21.5 Å². The van der Waals surface area contributed by atoms with Gasteiger partial charge in [-0.3, -0.25) is 14.2 Å². The monoisotopic (exact) mass is 385 g/mol. The third kappa shape index (κ3) is 4.74. The van der Waals surface area contributed by atoms with E-state index >= 15 is 0 Å². The van der Waals surface area contributed by atoms with Crippen LogP contribution in [-0.2, 0) is 17.8 Å². The first kappa shape index (κ1) is 19.1. The van der Waals surface area contributed by atoms with Crippen molar-refractivity contribution in [1.82, 2.24) is 9.55 Å². The van der Waals surface area contributed by atoms with E-state index in [2.05, 4.69) is 17.2 Å². The van der Waals surface area contributed by atoms with Crippen LogP contribution < -0.4 is 16.6 Å². The van der Waals surface area contributed by atoms with Crippen molar-refractivity contribution in [1.29, 1.82) is 0 Å². The smallest absolute Gasteiger partial charge is 0.326 e. The highest BCUT2D eigenvalue weighted by Crippen LogP contribution is 2.13. The van der Waals surface area contributed by atoms with E-state index in [-0.39, 0.29) is 17.2 Å². The summed E-state index contributed by atoms with van der Waals surface area (Å²) in [5.74, 6) is -0.0155. The molecule has 0 saturated carbocycles. The number of aromatic nitrogens is 2. The van der Waals surface area contributed by atoms with E-state index in [4.69, 9.17) is 0 Å². The molecule has 27 heavy (non-hydrogen) atoms. The maximum Gasteiger partial charge on any atom is 0.328 e. The van der Waals surface area contributed by atoms with Gasteiger partial charge in [-0.25, -0.2) is 4.79 Å². The van der Waals surface area contributed by atoms with E-state index in [0.717, 1.165) is 18.5 Å². The Hall–Kier alpha value is -2.67. The van der Waals surface area contributed by atoms with Gasteiger partial charge >= 0.3 is 5.69 Å². The van der Waals surface area contributed by atoms with Crippen LogP contribution in [0.4, 0.5) is 5.69 Å². The molecule has 3 aromatic rings. The molecule has 0 aliphatic heterocycles. The molecule has 2 aromatic heterocycles. The van der Waals surface area contributed by atoms with Crippen molar-refractivity contribution in [2.75, 3.05) is 5.32 Å². The van der Waals surface area contributed by atoms with Crippen LogP contribution in [0.2, 0.25) is 0 Å². The van der Waals surface area contributed by atoms with Gasteiger partial charge in [0.2, 0.25) is 5.91 Å². The van der Waals surface area contributed by atoms with Crippen LogP contribution in [0.3, 0.4) is 0 Å². The van der Waals surface area contributed by atoms with Crippen LogP contribution in [0.5, 0.6) is 0 Å². The molecule has 1 amide bonds. The Kier molecular flexibility index (Phi) is 6.24. The number of amides is 1. The van der Waals surface area contributed by atoms with Crippen molar-refractivity contribution in [3.05, 3.63) is 62.1 Å². The minimum Gasteiger partial charge on any atom is -0.326 e.